The topological polar surface area (TPSA) is 84.6 Å². The molecule has 0 amide bonds. The summed E-state index contributed by atoms with van der Waals surface area (Å²) in [5.74, 6) is 2.53. The molecule has 0 bridgehead atoms. The lowest BCUT2D eigenvalue weighted by atomic mass is 10.0. The smallest absolute Gasteiger partial charge is 0.248 e. The fourth-order valence-corrected chi connectivity index (χ4v) is 2.18. The Kier molecular flexibility index (Phi) is 9.37. The second kappa shape index (κ2) is 11.0. The molecule has 1 rings (SSSR count). The Bertz CT molecular complexity index is 487. The van der Waals surface area contributed by atoms with Crippen LogP contribution in [0.4, 0.5) is 0 Å². The molecule has 2 N–H and O–H groups in total. The fraction of sp³-hybridized carbons (Fsp3) is 0.824. The van der Waals surface area contributed by atoms with Crippen molar-refractivity contribution in [2.75, 3.05) is 13.2 Å². The molecule has 138 valence electrons. The van der Waals surface area contributed by atoms with Crippen LogP contribution in [0.15, 0.2) is 9.52 Å². The SMILES string of the molecule is CCNC(=NCc1nc(C(C)OCC)no1)NC(C)CCC(C)C. The molecule has 1 aromatic rings. The first kappa shape index (κ1) is 20.4. The molecule has 0 saturated carbocycles. The molecule has 0 spiro atoms. The zero-order chi connectivity index (χ0) is 17.9. The molecule has 1 aromatic heterocycles. The van der Waals surface area contributed by atoms with Crippen LogP contribution in [0.25, 0.3) is 0 Å². The van der Waals surface area contributed by atoms with Crippen molar-refractivity contribution < 1.29 is 9.26 Å². The number of aliphatic imine (C=N–C) groups is 1. The zero-order valence-electron chi connectivity index (χ0n) is 15.9. The molecule has 24 heavy (non-hydrogen) atoms. The lowest BCUT2D eigenvalue weighted by molar-refractivity contribution is 0.0683. The van der Waals surface area contributed by atoms with Gasteiger partial charge in [0.15, 0.2) is 11.8 Å². The third-order valence-electron chi connectivity index (χ3n) is 3.54. The van der Waals surface area contributed by atoms with Crippen molar-refractivity contribution in [1.29, 1.82) is 0 Å². The van der Waals surface area contributed by atoms with Gasteiger partial charge in [-0.1, -0.05) is 19.0 Å². The Morgan fingerprint density at radius 3 is 2.58 bits per heavy atom. The number of nitrogens with one attached hydrogen (secondary N) is 2. The van der Waals surface area contributed by atoms with Crippen molar-refractivity contribution in [3.63, 3.8) is 0 Å². The van der Waals surface area contributed by atoms with Crippen molar-refractivity contribution in [2.24, 2.45) is 10.9 Å². The summed E-state index contributed by atoms with van der Waals surface area (Å²) in [4.78, 5) is 8.86. The van der Waals surface area contributed by atoms with Gasteiger partial charge in [0.1, 0.15) is 12.6 Å². The average molecular weight is 339 g/mol. The molecule has 0 saturated heterocycles. The Morgan fingerprint density at radius 1 is 1.21 bits per heavy atom. The van der Waals surface area contributed by atoms with E-state index in [1.54, 1.807) is 0 Å². The van der Waals surface area contributed by atoms with Crippen LogP contribution >= 0.6 is 0 Å². The van der Waals surface area contributed by atoms with Crippen molar-refractivity contribution in [3.05, 3.63) is 11.7 Å². The fourth-order valence-electron chi connectivity index (χ4n) is 2.18. The largest absolute Gasteiger partial charge is 0.371 e. The minimum atomic E-state index is -0.168. The van der Waals surface area contributed by atoms with Crippen molar-refractivity contribution >= 4 is 5.96 Å². The maximum absolute atomic E-state index is 5.46. The van der Waals surface area contributed by atoms with Crippen LogP contribution in [0.3, 0.4) is 0 Å². The quantitative estimate of drug-likeness (QED) is 0.503. The average Bonchev–Trinajstić information content (AvgIpc) is 3.00. The van der Waals surface area contributed by atoms with E-state index in [9.17, 15) is 0 Å². The summed E-state index contributed by atoms with van der Waals surface area (Å²) in [6.45, 7) is 14.3. The van der Waals surface area contributed by atoms with E-state index in [4.69, 9.17) is 9.26 Å². The first-order valence-electron chi connectivity index (χ1n) is 8.95. The number of guanidine groups is 1. The summed E-state index contributed by atoms with van der Waals surface area (Å²) in [5.41, 5.74) is 0. The predicted octanol–water partition coefficient (Wildman–Crippen LogP) is 3.05. The van der Waals surface area contributed by atoms with Gasteiger partial charge in [0.2, 0.25) is 5.89 Å². The van der Waals surface area contributed by atoms with Gasteiger partial charge in [-0.05, 0) is 46.5 Å². The minimum Gasteiger partial charge on any atom is -0.371 e. The van der Waals surface area contributed by atoms with E-state index in [0.717, 1.165) is 18.9 Å². The minimum absolute atomic E-state index is 0.168. The van der Waals surface area contributed by atoms with E-state index in [1.165, 1.54) is 6.42 Å². The molecule has 7 heteroatoms. The number of ether oxygens (including phenoxy) is 1. The van der Waals surface area contributed by atoms with Gasteiger partial charge in [-0.3, -0.25) is 0 Å². The van der Waals surface area contributed by atoms with Crippen molar-refractivity contribution in [3.8, 4) is 0 Å². The second-order valence-corrected chi connectivity index (χ2v) is 6.36. The van der Waals surface area contributed by atoms with Gasteiger partial charge < -0.3 is 19.9 Å². The van der Waals surface area contributed by atoms with Gasteiger partial charge in [-0.15, -0.1) is 0 Å². The number of nitrogens with zero attached hydrogens (tertiary/aromatic N) is 3. The van der Waals surface area contributed by atoms with Gasteiger partial charge in [-0.2, -0.15) is 4.98 Å². The maximum atomic E-state index is 5.46. The second-order valence-electron chi connectivity index (χ2n) is 6.36. The number of hydrogen-bond acceptors (Lipinski definition) is 5. The Balaban J connectivity index is 2.58. The molecule has 2 unspecified atom stereocenters. The molecule has 0 radical (unpaired) electrons. The summed E-state index contributed by atoms with van der Waals surface area (Å²) in [7, 11) is 0. The molecule has 0 aliphatic rings. The van der Waals surface area contributed by atoms with E-state index >= 15 is 0 Å². The lowest BCUT2D eigenvalue weighted by Crippen LogP contribution is -2.42. The summed E-state index contributed by atoms with van der Waals surface area (Å²) < 4.78 is 10.7. The molecular formula is C17H33N5O2. The molecule has 0 fully saturated rings. The summed E-state index contributed by atoms with van der Waals surface area (Å²) in [5, 5.41) is 10.6. The highest BCUT2D eigenvalue weighted by atomic mass is 16.5. The van der Waals surface area contributed by atoms with Gasteiger partial charge in [0.25, 0.3) is 0 Å². The predicted molar refractivity (Wildman–Crippen MR) is 95.8 cm³/mol. The van der Waals surface area contributed by atoms with Crippen LogP contribution in [-0.2, 0) is 11.3 Å². The van der Waals surface area contributed by atoms with Gasteiger partial charge in [0, 0.05) is 19.2 Å². The highest BCUT2D eigenvalue weighted by molar-refractivity contribution is 5.79. The molecular weight excluding hydrogens is 306 g/mol. The van der Waals surface area contributed by atoms with E-state index in [1.807, 2.05) is 20.8 Å². The Morgan fingerprint density at radius 2 is 1.96 bits per heavy atom. The number of aromatic nitrogens is 2. The molecule has 1 heterocycles. The molecule has 0 aromatic carbocycles. The molecule has 0 aliphatic carbocycles. The lowest BCUT2D eigenvalue weighted by Gasteiger charge is -2.18. The third-order valence-corrected chi connectivity index (χ3v) is 3.54. The zero-order valence-corrected chi connectivity index (χ0v) is 15.9. The summed E-state index contributed by atoms with van der Waals surface area (Å²) >= 11 is 0. The first-order valence-corrected chi connectivity index (χ1v) is 8.95. The highest BCUT2D eigenvalue weighted by Crippen LogP contribution is 2.13. The van der Waals surface area contributed by atoms with E-state index < -0.39 is 0 Å². The van der Waals surface area contributed by atoms with Crippen LogP contribution in [0.2, 0.25) is 0 Å². The summed E-state index contributed by atoms with van der Waals surface area (Å²) in [6, 6.07) is 0.362. The molecule has 0 aliphatic heterocycles. The van der Waals surface area contributed by atoms with Crippen LogP contribution in [0, 0.1) is 5.92 Å². The van der Waals surface area contributed by atoms with Crippen molar-refractivity contribution in [2.45, 2.75) is 73.1 Å². The Labute approximate surface area is 145 Å². The standard InChI is InChI=1S/C17H33N5O2/c1-7-18-17(20-13(5)10-9-12(3)4)19-11-15-21-16(22-24-15)14(6)23-8-2/h12-14H,7-11H2,1-6H3,(H2,18,19,20). The van der Waals surface area contributed by atoms with E-state index in [2.05, 4.69) is 46.5 Å². The summed E-state index contributed by atoms with van der Waals surface area (Å²) in [6.07, 6.45) is 2.13. The van der Waals surface area contributed by atoms with Gasteiger partial charge >= 0.3 is 0 Å². The van der Waals surface area contributed by atoms with Crippen molar-refractivity contribution in [1.82, 2.24) is 20.8 Å². The van der Waals surface area contributed by atoms with Gasteiger partial charge in [0.05, 0.1) is 0 Å². The van der Waals surface area contributed by atoms with Crippen LogP contribution < -0.4 is 10.6 Å². The van der Waals surface area contributed by atoms with Crippen LogP contribution in [0.5, 0.6) is 0 Å². The monoisotopic (exact) mass is 339 g/mol. The highest BCUT2D eigenvalue weighted by Gasteiger charge is 2.14. The number of hydrogen-bond donors (Lipinski definition) is 2. The van der Waals surface area contributed by atoms with E-state index in [-0.39, 0.29) is 6.10 Å². The molecule has 2 atom stereocenters. The van der Waals surface area contributed by atoms with Crippen LogP contribution in [0.1, 0.15) is 72.2 Å². The third kappa shape index (κ3) is 7.77. The number of rotatable bonds is 10. The van der Waals surface area contributed by atoms with E-state index in [0.29, 0.717) is 36.8 Å². The molecule has 7 nitrogen and oxygen atoms in total. The Hall–Kier alpha value is -1.63. The normalized spacial score (nSPS) is 14.7. The van der Waals surface area contributed by atoms with Crippen LogP contribution in [-0.4, -0.2) is 35.3 Å². The first-order chi connectivity index (χ1) is 11.5. The van der Waals surface area contributed by atoms with Gasteiger partial charge in [-0.25, -0.2) is 4.99 Å². The maximum Gasteiger partial charge on any atom is 0.248 e.